The zero-order chi connectivity index (χ0) is 26.0. The minimum absolute atomic E-state index is 0.0624. The van der Waals surface area contributed by atoms with E-state index in [-0.39, 0.29) is 31.3 Å². The number of para-hydroxylation sites is 1. The van der Waals surface area contributed by atoms with E-state index in [9.17, 15) is 14.0 Å². The summed E-state index contributed by atoms with van der Waals surface area (Å²) in [6, 6.07) is 16.5. The minimum Gasteiger partial charge on any atom is -0.489 e. The Hall–Kier alpha value is -4.42. The molecule has 1 saturated heterocycles. The number of likely N-dealkylation sites (N-methyl/N-ethyl adjacent to an activating group) is 1. The van der Waals surface area contributed by atoms with Crippen LogP contribution < -0.4 is 19.7 Å². The first-order valence-electron chi connectivity index (χ1n) is 11.7. The Morgan fingerprint density at radius 1 is 1.14 bits per heavy atom. The van der Waals surface area contributed by atoms with Crippen molar-refractivity contribution in [2.45, 2.75) is 11.7 Å². The second-order valence-corrected chi connectivity index (χ2v) is 9.10. The second-order valence-electron chi connectivity index (χ2n) is 9.10. The summed E-state index contributed by atoms with van der Waals surface area (Å²) in [5.74, 6) is 6.18. The lowest BCUT2D eigenvalue weighted by atomic mass is 9.97. The van der Waals surface area contributed by atoms with Crippen LogP contribution in [0, 0.1) is 11.8 Å². The molecule has 2 amide bonds. The highest BCUT2D eigenvalue weighted by atomic mass is 19.1. The van der Waals surface area contributed by atoms with Crippen LogP contribution in [0.5, 0.6) is 17.2 Å². The molecule has 3 heterocycles. The number of hydrogen-bond donors (Lipinski definition) is 1. The third-order valence-corrected chi connectivity index (χ3v) is 6.07. The predicted octanol–water partition coefficient (Wildman–Crippen LogP) is 3.03. The van der Waals surface area contributed by atoms with E-state index in [1.165, 1.54) is 17.2 Å². The van der Waals surface area contributed by atoms with Gasteiger partial charge < -0.3 is 19.7 Å². The van der Waals surface area contributed by atoms with Crippen molar-refractivity contribution in [1.82, 2.24) is 15.2 Å². The van der Waals surface area contributed by atoms with E-state index >= 15 is 0 Å². The molecule has 0 aliphatic carbocycles. The first-order chi connectivity index (χ1) is 17.8. The van der Waals surface area contributed by atoms with E-state index in [4.69, 9.17) is 9.47 Å². The van der Waals surface area contributed by atoms with Crippen molar-refractivity contribution in [1.29, 1.82) is 0 Å². The molecule has 37 heavy (non-hydrogen) atoms. The maximum absolute atomic E-state index is 14.5. The predicted molar refractivity (Wildman–Crippen MR) is 136 cm³/mol. The van der Waals surface area contributed by atoms with E-state index < -0.39 is 17.6 Å². The van der Waals surface area contributed by atoms with Crippen LogP contribution >= 0.6 is 0 Å². The van der Waals surface area contributed by atoms with Crippen molar-refractivity contribution >= 4 is 17.5 Å². The van der Waals surface area contributed by atoms with Crippen LogP contribution in [0.3, 0.4) is 0 Å². The van der Waals surface area contributed by atoms with Crippen molar-refractivity contribution in [3.63, 3.8) is 0 Å². The minimum atomic E-state index is -1.52. The monoisotopic (exact) mass is 500 g/mol. The summed E-state index contributed by atoms with van der Waals surface area (Å²) >= 11 is 0. The number of aromatic nitrogens is 1. The van der Waals surface area contributed by atoms with E-state index in [0.29, 0.717) is 28.5 Å². The molecule has 0 radical (unpaired) electrons. The molecule has 0 saturated carbocycles. The Bertz CT molecular complexity index is 1400. The molecular formula is C28H25FN4O4. The molecule has 2 aromatic carbocycles. The van der Waals surface area contributed by atoms with Crippen LogP contribution in [0.15, 0.2) is 66.9 Å². The van der Waals surface area contributed by atoms with Crippen LogP contribution in [0.1, 0.15) is 16.1 Å². The van der Waals surface area contributed by atoms with Gasteiger partial charge in [0.1, 0.15) is 35.6 Å². The molecule has 2 aliphatic heterocycles. The first kappa shape index (κ1) is 24.3. The van der Waals surface area contributed by atoms with Gasteiger partial charge in [-0.1, -0.05) is 30.0 Å². The van der Waals surface area contributed by atoms with Crippen molar-refractivity contribution in [2.75, 3.05) is 38.7 Å². The van der Waals surface area contributed by atoms with Gasteiger partial charge in [-0.3, -0.25) is 19.5 Å². The van der Waals surface area contributed by atoms with Gasteiger partial charge >= 0.3 is 0 Å². The van der Waals surface area contributed by atoms with Crippen molar-refractivity contribution in [2.24, 2.45) is 0 Å². The summed E-state index contributed by atoms with van der Waals surface area (Å²) in [6.07, 6.45) is 1.46. The van der Waals surface area contributed by atoms with E-state index in [2.05, 4.69) is 22.1 Å². The molecule has 188 valence electrons. The molecule has 5 rings (SSSR count). The molecule has 3 aromatic rings. The smallest absolute Gasteiger partial charge is 0.270 e. The van der Waals surface area contributed by atoms with Gasteiger partial charge in [0.2, 0.25) is 0 Å². The lowest BCUT2D eigenvalue weighted by Crippen LogP contribution is -2.56. The highest BCUT2D eigenvalue weighted by Gasteiger charge is 2.39. The fourth-order valence-electron chi connectivity index (χ4n) is 4.21. The number of nitrogens with zero attached hydrogens (tertiary/aromatic N) is 3. The average molecular weight is 501 g/mol. The highest BCUT2D eigenvalue weighted by molar-refractivity contribution is 6.03. The van der Waals surface area contributed by atoms with Crippen LogP contribution in [0.4, 0.5) is 10.1 Å². The quantitative estimate of drug-likeness (QED) is 0.555. The Morgan fingerprint density at radius 2 is 1.92 bits per heavy atom. The fourth-order valence-corrected chi connectivity index (χ4v) is 4.21. The molecule has 0 bridgehead atoms. The number of likely N-dealkylation sites (tertiary alicyclic amines) is 1. The lowest BCUT2D eigenvalue weighted by Gasteiger charge is -2.38. The van der Waals surface area contributed by atoms with Gasteiger partial charge in [0, 0.05) is 38.0 Å². The largest absolute Gasteiger partial charge is 0.489 e. The van der Waals surface area contributed by atoms with Gasteiger partial charge in [0.05, 0.1) is 5.69 Å². The number of halogens is 1. The van der Waals surface area contributed by atoms with Crippen molar-refractivity contribution in [3.05, 3.63) is 78.1 Å². The number of anilines is 1. The molecule has 1 aromatic heterocycles. The first-order valence-corrected chi connectivity index (χ1v) is 11.7. The summed E-state index contributed by atoms with van der Waals surface area (Å²) in [5, 5.41) is 2.70. The van der Waals surface area contributed by atoms with Gasteiger partial charge in [0.25, 0.3) is 11.8 Å². The molecule has 0 spiro atoms. The molecule has 1 N–H and O–H groups in total. The number of ether oxygens (including phenoxy) is 2. The number of pyridine rings is 1. The summed E-state index contributed by atoms with van der Waals surface area (Å²) in [6.45, 7) is 0.473. The number of amides is 2. The molecule has 1 fully saturated rings. The van der Waals surface area contributed by atoms with Gasteiger partial charge in [0.15, 0.2) is 5.67 Å². The molecule has 9 heteroatoms. The normalized spacial score (nSPS) is 18.3. The number of carbonyl (C=O) groups excluding carboxylic acids is 2. The number of hydrogen-bond acceptors (Lipinski definition) is 6. The second kappa shape index (κ2) is 9.91. The van der Waals surface area contributed by atoms with Gasteiger partial charge in [-0.2, -0.15) is 0 Å². The highest BCUT2D eigenvalue weighted by Crippen LogP contribution is 2.32. The van der Waals surface area contributed by atoms with Gasteiger partial charge in [-0.05, 0) is 43.4 Å². The number of carbonyl (C=O) groups is 2. The van der Waals surface area contributed by atoms with E-state index in [1.807, 2.05) is 30.1 Å². The molecule has 0 unspecified atom stereocenters. The summed E-state index contributed by atoms with van der Waals surface area (Å²) in [5.41, 5.74) is -0.365. The fraction of sp³-hybridized carbons (Fsp3) is 0.250. The van der Waals surface area contributed by atoms with E-state index in [0.717, 1.165) is 0 Å². The zero-order valence-corrected chi connectivity index (χ0v) is 20.4. The van der Waals surface area contributed by atoms with Gasteiger partial charge in [-0.25, -0.2) is 4.39 Å². The van der Waals surface area contributed by atoms with Crippen LogP contribution in [0.2, 0.25) is 0 Å². The maximum atomic E-state index is 14.5. The third-order valence-electron chi connectivity index (χ3n) is 6.07. The third kappa shape index (κ3) is 5.39. The number of alkyl halides is 1. The standard InChI is InChI=1S/C28H25FN4O4/c1-32-17-28(29,18-32)12-10-19-8-9-25-24(14-19)33(2)27(35)23(16-36-25)31-26(34)22-15-21(11-13-30-22)37-20-6-4-3-5-7-20/h3-9,11,13-15,23H,16-18H2,1-2H3,(H,31,34)/t23-/m1/s1. The Labute approximate surface area is 214 Å². The van der Waals surface area contributed by atoms with Crippen molar-refractivity contribution in [3.8, 4) is 29.1 Å². The zero-order valence-electron chi connectivity index (χ0n) is 20.4. The number of fused-ring (bicyclic) bond motifs is 1. The average Bonchev–Trinajstić information content (AvgIpc) is 2.99. The number of benzene rings is 2. The van der Waals surface area contributed by atoms with Crippen LogP contribution in [-0.2, 0) is 4.79 Å². The topological polar surface area (TPSA) is 84.0 Å². The number of rotatable bonds is 4. The maximum Gasteiger partial charge on any atom is 0.270 e. The Kier molecular flexibility index (Phi) is 6.51. The van der Waals surface area contributed by atoms with E-state index in [1.54, 1.807) is 43.4 Å². The molecule has 2 aliphatic rings. The SMILES string of the molecule is CN1CC(F)(C#Cc2ccc3c(c2)N(C)C(=O)[C@H](NC(=O)c2cc(Oc4ccccc4)ccn2)CO3)C1. The van der Waals surface area contributed by atoms with Gasteiger partial charge in [-0.15, -0.1) is 0 Å². The summed E-state index contributed by atoms with van der Waals surface area (Å²) in [7, 11) is 3.43. The molecular weight excluding hydrogens is 475 g/mol. The van der Waals surface area contributed by atoms with Crippen LogP contribution in [0.25, 0.3) is 0 Å². The number of nitrogens with one attached hydrogen (secondary N) is 1. The van der Waals surface area contributed by atoms with Crippen LogP contribution in [-0.4, -0.2) is 67.2 Å². The Morgan fingerprint density at radius 3 is 2.68 bits per heavy atom. The lowest BCUT2D eigenvalue weighted by molar-refractivity contribution is -0.120. The molecule has 8 nitrogen and oxygen atoms in total. The molecule has 1 atom stereocenters. The van der Waals surface area contributed by atoms with Crippen molar-refractivity contribution < 1.29 is 23.5 Å². The summed E-state index contributed by atoms with van der Waals surface area (Å²) in [4.78, 5) is 33.5. The Balaban J connectivity index is 1.28. The summed E-state index contributed by atoms with van der Waals surface area (Å²) < 4.78 is 26.1.